The number of carbonyl (C=O) groups is 1. The lowest BCUT2D eigenvalue weighted by Crippen LogP contribution is -2.12. The number of nitrogens with zero attached hydrogens (tertiary/aromatic N) is 1. The van der Waals surface area contributed by atoms with Gasteiger partial charge in [-0.2, -0.15) is 0 Å². The molecule has 0 saturated carbocycles. The van der Waals surface area contributed by atoms with Crippen molar-refractivity contribution < 1.29 is 18.4 Å². The van der Waals surface area contributed by atoms with Gasteiger partial charge in [-0.05, 0) is 12.1 Å². The first kappa shape index (κ1) is 13.3. The van der Waals surface area contributed by atoms with Crippen LogP contribution in [0.1, 0.15) is 5.76 Å². The molecule has 21 heavy (non-hydrogen) atoms. The molecule has 1 aromatic heterocycles. The van der Waals surface area contributed by atoms with Gasteiger partial charge < -0.3 is 9.26 Å². The van der Waals surface area contributed by atoms with E-state index < -0.39 is 0 Å². The van der Waals surface area contributed by atoms with Gasteiger partial charge in [0.05, 0.1) is 5.92 Å². The minimum Gasteiger partial charge on any atom is -0.457 e. The fourth-order valence-corrected chi connectivity index (χ4v) is 2.00. The van der Waals surface area contributed by atoms with E-state index in [1.54, 1.807) is 48.6 Å². The summed E-state index contributed by atoms with van der Waals surface area (Å²) in [7, 11) is 0. The lowest BCUT2D eigenvalue weighted by Gasteiger charge is -2.04. The van der Waals surface area contributed by atoms with Crippen LogP contribution in [0.5, 0.6) is 0 Å². The molecule has 2 aromatic rings. The molecule has 0 radical (unpaired) electrons. The highest BCUT2D eigenvalue weighted by Crippen LogP contribution is 2.22. The zero-order valence-electron chi connectivity index (χ0n) is 11.0. The van der Waals surface area contributed by atoms with Gasteiger partial charge in [0.25, 0.3) is 0 Å². The zero-order chi connectivity index (χ0) is 14.7. The molecule has 0 unspecified atom stereocenters. The molecule has 0 aliphatic heterocycles. The second-order valence-corrected chi connectivity index (χ2v) is 4.56. The number of carbonyl (C=O) groups excluding carboxylic acids is 1. The number of aromatic nitrogens is 1. The van der Waals surface area contributed by atoms with Gasteiger partial charge in [-0.15, -0.1) is 0 Å². The third-order valence-electron chi connectivity index (χ3n) is 3.09. The summed E-state index contributed by atoms with van der Waals surface area (Å²) in [5.41, 5.74) is 0.722. The van der Waals surface area contributed by atoms with Crippen molar-refractivity contribution in [2.45, 2.75) is 6.61 Å². The van der Waals surface area contributed by atoms with Crippen LogP contribution in [-0.4, -0.2) is 11.1 Å². The Labute approximate surface area is 120 Å². The number of ether oxygens (including phenoxy) is 1. The van der Waals surface area contributed by atoms with E-state index in [9.17, 15) is 9.18 Å². The molecular formula is C16H12FNO3. The van der Waals surface area contributed by atoms with Gasteiger partial charge in [-0.25, -0.2) is 4.39 Å². The Balaban J connectivity index is 1.66. The van der Waals surface area contributed by atoms with Gasteiger partial charge in [0, 0.05) is 11.6 Å². The quantitative estimate of drug-likeness (QED) is 0.809. The van der Waals surface area contributed by atoms with Crippen LogP contribution in [0.15, 0.2) is 59.2 Å². The number of benzene rings is 1. The van der Waals surface area contributed by atoms with Crippen molar-refractivity contribution in [3.05, 3.63) is 66.2 Å². The van der Waals surface area contributed by atoms with E-state index in [1.165, 1.54) is 6.07 Å². The molecule has 0 atom stereocenters. The fourth-order valence-electron chi connectivity index (χ4n) is 2.00. The molecule has 0 N–H and O–H groups in total. The molecule has 1 aliphatic rings. The van der Waals surface area contributed by atoms with Crippen molar-refractivity contribution >= 4 is 5.97 Å². The maximum Gasteiger partial charge on any atom is 0.317 e. The summed E-state index contributed by atoms with van der Waals surface area (Å²) in [5.74, 6) is -0.717. The second-order valence-electron chi connectivity index (χ2n) is 4.56. The van der Waals surface area contributed by atoms with E-state index in [0.29, 0.717) is 17.0 Å². The number of hydrogen-bond donors (Lipinski definition) is 0. The van der Waals surface area contributed by atoms with Crippen molar-refractivity contribution in [2.24, 2.45) is 5.92 Å². The Morgan fingerprint density at radius 1 is 1.29 bits per heavy atom. The maximum absolute atomic E-state index is 13.6. The zero-order valence-corrected chi connectivity index (χ0v) is 11.0. The molecule has 4 nitrogen and oxygen atoms in total. The van der Waals surface area contributed by atoms with Crippen molar-refractivity contribution in [2.75, 3.05) is 0 Å². The molecule has 1 aliphatic carbocycles. The minimum absolute atomic E-state index is 0.0293. The van der Waals surface area contributed by atoms with Crippen molar-refractivity contribution in [1.29, 1.82) is 0 Å². The average Bonchev–Trinajstić information content (AvgIpc) is 3.17. The highest BCUT2D eigenvalue weighted by atomic mass is 19.1. The predicted molar refractivity (Wildman–Crippen MR) is 73.5 cm³/mol. The van der Waals surface area contributed by atoms with Crippen molar-refractivity contribution in [1.82, 2.24) is 5.16 Å². The molecular weight excluding hydrogens is 273 g/mol. The summed E-state index contributed by atoms with van der Waals surface area (Å²) in [5, 5.41) is 3.79. The highest BCUT2D eigenvalue weighted by Gasteiger charge is 2.17. The van der Waals surface area contributed by atoms with Gasteiger partial charge in [0.15, 0.2) is 12.4 Å². The minimum atomic E-state index is -0.379. The molecule has 106 valence electrons. The van der Waals surface area contributed by atoms with E-state index in [-0.39, 0.29) is 24.3 Å². The van der Waals surface area contributed by atoms with Gasteiger partial charge in [0.1, 0.15) is 11.5 Å². The summed E-state index contributed by atoms with van der Waals surface area (Å²) >= 11 is 0. The summed E-state index contributed by atoms with van der Waals surface area (Å²) in [6.45, 7) is -0.0293. The molecule has 5 heteroatoms. The smallest absolute Gasteiger partial charge is 0.317 e. The number of rotatable bonds is 4. The molecule has 0 saturated heterocycles. The van der Waals surface area contributed by atoms with Gasteiger partial charge in [-0.3, -0.25) is 4.79 Å². The average molecular weight is 285 g/mol. The maximum atomic E-state index is 13.6. The molecule has 0 amide bonds. The van der Waals surface area contributed by atoms with Crippen LogP contribution in [-0.2, 0) is 16.1 Å². The number of hydrogen-bond acceptors (Lipinski definition) is 4. The third kappa shape index (κ3) is 2.91. The van der Waals surface area contributed by atoms with Gasteiger partial charge in [0.2, 0.25) is 0 Å². The summed E-state index contributed by atoms with van der Waals surface area (Å²) < 4.78 is 23.8. The first-order chi connectivity index (χ1) is 10.2. The Morgan fingerprint density at radius 2 is 2.05 bits per heavy atom. The summed E-state index contributed by atoms with van der Waals surface area (Å²) in [6.07, 6.45) is 7.06. The predicted octanol–water partition coefficient (Wildman–Crippen LogP) is 3.27. The van der Waals surface area contributed by atoms with E-state index in [1.807, 2.05) is 0 Å². The Kier molecular flexibility index (Phi) is 3.64. The molecule has 1 aromatic carbocycles. The van der Waals surface area contributed by atoms with E-state index in [2.05, 4.69) is 5.16 Å². The normalized spacial score (nSPS) is 13.8. The number of halogens is 1. The van der Waals surface area contributed by atoms with E-state index in [4.69, 9.17) is 9.26 Å². The lowest BCUT2D eigenvalue weighted by molar-refractivity contribution is -0.147. The number of esters is 1. The fraction of sp³-hybridized carbons (Fsp3) is 0.125. The van der Waals surface area contributed by atoms with Crippen LogP contribution in [0.25, 0.3) is 11.3 Å². The van der Waals surface area contributed by atoms with Crippen LogP contribution >= 0.6 is 0 Å². The SMILES string of the molecule is O=C(OCc1cc(-c2ccccc2F)no1)C1C=CC=C1. The van der Waals surface area contributed by atoms with Gasteiger partial charge >= 0.3 is 5.97 Å². The monoisotopic (exact) mass is 285 g/mol. The molecule has 0 spiro atoms. The van der Waals surface area contributed by atoms with Gasteiger partial charge in [-0.1, -0.05) is 41.6 Å². The Bertz CT molecular complexity index is 706. The Hall–Kier alpha value is -2.69. The molecule has 3 rings (SSSR count). The Morgan fingerprint density at radius 3 is 2.81 bits per heavy atom. The topological polar surface area (TPSA) is 52.3 Å². The highest BCUT2D eigenvalue weighted by molar-refractivity contribution is 5.77. The molecule has 0 fully saturated rings. The third-order valence-corrected chi connectivity index (χ3v) is 3.09. The van der Waals surface area contributed by atoms with Crippen molar-refractivity contribution in [3.8, 4) is 11.3 Å². The molecule has 1 heterocycles. The standard InChI is InChI=1S/C16H12FNO3/c17-14-8-4-3-7-13(14)15-9-12(21-18-15)10-20-16(19)11-5-1-2-6-11/h1-9,11H,10H2. The largest absolute Gasteiger partial charge is 0.457 e. The second kappa shape index (κ2) is 5.75. The van der Waals surface area contributed by atoms with Crippen LogP contribution in [0.2, 0.25) is 0 Å². The first-order valence-corrected chi connectivity index (χ1v) is 6.46. The molecule has 0 bridgehead atoms. The number of allylic oxidation sites excluding steroid dienone is 2. The van der Waals surface area contributed by atoms with Crippen LogP contribution in [0.4, 0.5) is 4.39 Å². The van der Waals surface area contributed by atoms with E-state index >= 15 is 0 Å². The first-order valence-electron chi connectivity index (χ1n) is 6.46. The van der Waals surface area contributed by atoms with E-state index in [0.717, 1.165) is 0 Å². The summed E-state index contributed by atoms with van der Waals surface area (Å²) in [6, 6.07) is 7.83. The van der Waals surface area contributed by atoms with Crippen LogP contribution < -0.4 is 0 Å². The van der Waals surface area contributed by atoms with Crippen LogP contribution in [0, 0.1) is 11.7 Å². The van der Waals surface area contributed by atoms with Crippen molar-refractivity contribution in [3.63, 3.8) is 0 Å². The summed E-state index contributed by atoms with van der Waals surface area (Å²) in [4.78, 5) is 11.7. The van der Waals surface area contributed by atoms with Crippen LogP contribution in [0.3, 0.4) is 0 Å². The lowest BCUT2D eigenvalue weighted by atomic mass is 10.1.